The highest BCUT2D eigenvalue weighted by Crippen LogP contribution is 2.19. The van der Waals surface area contributed by atoms with Crippen molar-refractivity contribution in [3.8, 4) is 5.88 Å². The third kappa shape index (κ3) is 2.61. The van der Waals surface area contributed by atoms with Crippen molar-refractivity contribution in [2.45, 2.75) is 25.8 Å². The molecule has 1 aromatic heterocycles. The van der Waals surface area contributed by atoms with Crippen LogP contribution in [0.2, 0.25) is 0 Å². The quantitative estimate of drug-likeness (QED) is 0.819. The molecule has 0 saturated carbocycles. The van der Waals surface area contributed by atoms with Gasteiger partial charge in [0.05, 0.1) is 6.61 Å². The molecule has 5 nitrogen and oxygen atoms in total. The topological polar surface area (TPSA) is 64.3 Å². The van der Waals surface area contributed by atoms with Crippen LogP contribution in [0.15, 0.2) is 12.4 Å². The van der Waals surface area contributed by atoms with Crippen LogP contribution in [0.4, 0.5) is 5.82 Å². The highest BCUT2D eigenvalue weighted by Gasteiger charge is 2.18. The Kier molecular flexibility index (Phi) is 3.56. The zero-order valence-corrected chi connectivity index (χ0v) is 9.59. The number of aromatic nitrogens is 2. The third-order valence-corrected chi connectivity index (χ3v) is 2.70. The molecule has 88 valence electrons. The standard InChI is InChI=1S/C11H18N4O/c1-2-16-11-6-10(13-8-14-11)15-5-3-4-9(12)7-15/h6,8-9H,2-5,7,12H2,1H3. The number of anilines is 1. The van der Waals surface area contributed by atoms with Crippen molar-refractivity contribution in [3.05, 3.63) is 12.4 Å². The molecule has 1 aliphatic heterocycles. The average molecular weight is 222 g/mol. The van der Waals surface area contributed by atoms with Gasteiger partial charge in [0.1, 0.15) is 12.1 Å². The van der Waals surface area contributed by atoms with Crippen LogP contribution in [0, 0.1) is 0 Å². The Morgan fingerprint density at radius 1 is 1.56 bits per heavy atom. The van der Waals surface area contributed by atoms with E-state index >= 15 is 0 Å². The van der Waals surface area contributed by atoms with Crippen LogP contribution in [-0.4, -0.2) is 35.7 Å². The number of nitrogens with two attached hydrogens (primary N) is 1. The van der Waals surface area contributed by atoms with Gasteiger partial charge in [-0.1, -0.05) is 0 Å². The number of hydrogen-bond donors (Lipinski definition) is 1. The molecular formula is C11H18N4O. The van der Waals surface area contributed by atoms with Crippen molar-refractivity contribution >= 4 is 5.82 Å². The van der Waals surface area contributed by atoms with E-state index in [4.69, 9.17) is 10.5 Å². The van der Waals surface area contributed by atoms with Crippen molar-refractivity contribution in [2.24, 2.45) is 5.73 Å². The van der Waals surface area contributed by atoms with Gasteiger partial charge in [-0.05, 0) is 19.8 Å². The normalized spacial score (nSPS) is 20.9. The van der Waals surface area contributed by atoms with Crippen molar-refractivity contribution in [1.29, 1.82) is 0 Å². The Labute approximate surface area is 95.6 Å². The molecule has 5 heteroatoms. The van der Waals surface area contributed by atoms with E-state index in [1.54, 1.807) is 6.33 Å². The summed E-state index contributed by atoms with van der Waals surface area (Å²) in [6.45, 7) is 4.44. The monoisotopic (exact) mass is 222 g/mol. The molecule has 2 heterocycles. The zero-order chi connectivity index (χ0) is 11.4. The first-order valence-corrected chi connectivity index (χ1v) is 5.75. The highest BCUT2D eigenvalue weighted by molar-refractivity contribution is 5.41. The van der Waals surface area contributed by atoms with Crippen LogP contribution in [0.5, 0.6) is 5.88 Å². The molecule has 1 aromatic rings. The van der Waals surface area contributed by atoms with E-state index in [-0.39, 0.29) is 6.04 Å². The summed E-state index contributed by atoms with van der Waals surface area (Å²) in [5, 5.41) is 0. The minimum atomic E-state index is 0.249. The lowest BCUT2D eigenvalue weighted by atomic mass is 10.1. The molecule has 1 aliphatic rings. The molecule has 0 spiro atoms. The van der Waals surface area contributed by atoms with E-state index < -0.39 is 0 Å². The molecule has 0 aliphatic carbocycles. The minimum absolute atomic E-state index is 0.249. The van der Waals surface area contributed by atoms with Gasteiger partial charge in [-0.25, -0.2) is 9.97 Å². The van der Waals surface area contributed by atoms with E-state index in [1.165, 1.54) is 0 Å². The second-order valence-corrected chi connectivity index (χ2v) is 4.00. The summed E-state index contributed by atoms with van der Waals surface area (Å²) >= 11 is 0. The van der Waals surface area contributed by atoms with Gasteiger partial charge in [0.2, 0.25) is 5.88 Å². The van der Waals surface area contributed by atoms with Crippen LogP contribution in [0.3, 0.4) is 0 Å². The summed E-state index contributed by atoms with van der Waals surface area (Å²) in [5.41, 5.74) is 5.94. The maximum Gasteiger partial charge on any atom is 0.218 e. The highest BCUT2D eigenvalue weighted by atomic mass is 16.5. The van der Waals surface area contributed by atoms with Crippen molar-refractivity contribution in [2.75, 3.05) is 24.6 Å². The van der Waals surface area contributed by atoms with Crippen molar-refractivity contribution in [1.82, 2.24) is 9.97 Å². The van der Waals surface area contributed by atoms with Gasteiger partial charge >= 0.3 is 0 Å². The smallest absolute Gasteiger partial charge is 0.218 e. The number of rotatable bonds is 3. The van der Waals surface area contributed by atoms with Crippen molar-refractivity contribution in [3.63, 3.8) is 0 Å². The Balaban J connectivity index is 2.09. The number of nitrogens with zero attached hydrogens (tertiary/aromatic N) is 3. The van der Waals surface area contributed by atoms with Crippen LogP contribution in [0.1, 0.15) is 19.8 Å². The summed E-state index contributed by atoms with van der Waals surface area (Å²) in [4.78, 5) is 10.5. The molecule has 16 heavy (non-hydrogen) atoms. The van der Waals surface area contributed by atoms with Gasteiger partial charge < -0.3 is 15.4 Å². The minimum Gasteiger partial charge on any atom is -0.478 e. The lowest BCUT2D eigenvalue weighted by molar-refractivity contribution is 0.326. The van der Waals surface area contributed by atoms with Gasteiger partial charge in [-0.2, -0.15) is 0 Å². The number of ether oxygens (including phenoxy) is 1. The van der Waals surface area contributed by atoms with Crippen LogP contribution >= 0.6 is 0 Å². The maximum absolute atomic E-state index is 5.94. The first-order valence-electron chi connectivity index (χ1n) is 5.75. The molecule has 1 unspecified atom stereocenters. The third-order valence-electron chi connectivity index (χ3n) is 2.70. The molecular weight excluding hydrogens is 204 g/mol. The van der Waals surface area contributed by atoms with Gasteiger partial charge in [0.25, 0.3) is 0 Å². The molecule has 2 N–H and O–H groups in total. The summed E-state index contributed by atoms with van der Waals surface area (Å²) in [6.07, 6.45) is 3.76. The summed E-state index contributed by atoms with van der Waals surface area (Å²) in [7, 11) is 0. The Morgan fingerprint density at radius 3 is 3.19 bits per heavy atom. The predicted molar refractivity (Wildman–Crippen MR) is 62.6 cm³/mol. The first-order chi connectivity index (χ1) is 7.79. The predicted octanol–water partition coefficient (Wildman–Crippen LogP) is 0.803. The maximum atomic E-state index is 5.94. The molecule has 0 bridgehead atoms. The Hall–Kier alpha value is -1.36. The largest absolute Gasteiger partial charge is 0.478 e. The molecule has 1 atom stereocenters. The Morgan fingerprint density at radius 2 is 2.44 bits per heavy atom. The van der Waals surface area contributed by atoms with E-state index in [2.05, 4.69) is 14.9 Å². The lowest BCUT2D eigenvalue weighted by Crippen LogP contribution is -2.43. The second kappa shape index (κ2) is 5.12. The van der Waals surface area contributed by atoms with Gasteiger partial charge in [0, 0.05) is 25.2 Å². The average Bonchev–Trinajstić information content (AvgIpc) is 2.30. The Bertz CT molecular complexity index is 345. The number of piperidine rings is 1. The summed E-state index contributed by atoms with van der Waals surface area (Å²) in [5.74, 6) is 1.54. The van der Waals surface area contributed by atoms with Crippen molar-refractivity contribution < 1.29 is 4.74 Å². The zero-order valence-electron chi connectivity index (χ0n) is 9.59. The SMILES string of the molecule is CCOc1cc(N2CCCC(N)C2)ncn1. The van der Waals surface area contributed by atoms with E-state index in [0.29, 0.717) is 12.5 Å². The van der Waals surface area contributed by atoms with Gasteiger partial charge in [0.15, 0.2) is 0 Å². The van der Waals surface area contributed by atoms with Crippen LogP contribution in [0.25, 0.3) is 0 Å². The fourth-order valence-electron chi connectivity index (χ4n) is 1.95. The van der Waals surface area contributed by atoms with Crippen LogP contribution in [-0.2, 0) is 0 Å². The fraction of sp³-hybridized carbons (Fsp3) is 0.636. The summed E-state index contributed by atoms with van der Waals surface area (Å²) < 4.78 is 5.36. The molecule has 1 saturated heterocycles. The fourth-order valence-corrected chi connectivity index (χ4v) is 1.95. The molecule has 1 fully saturated rings. The molecule has 2 rings (SSSR count). The van der Waals surface area contributed by atoms with E-state index in [9.17, 15) is 0 Å². The number of hydrogen-bond acceptors (Lipinski definition) is 5. The van der Waals surface area contributed by atoms with Gasteiger partial charge in [-0.15, -0.1) is 0 Å². The lowest BCUT2D eigenvalue weighted by Gasteiger charge is -2.31. The molecule has 0 radical (unpaired) electrons. The molecule has 0 amide bonds. The molecule has 0 aromatic carbocycles. The van der Waals surface area contributed by atoms with E-state index in [1.807, 2.05) is 13.0 Å². The summed E-state index contributed by atoms with van der Waals surface area (Å²) in [6, 6.07) is 2.13. The van der Waals surface area contributed by atoms with Gasteiger partial charge in [-0.3, -0.25) is 0 Å². The van der Waals surface area contributed by atoms with E-state index in [0.717, 1.165) is 31.7 Å². The second-order valence-electron chi connectivity index (χ2n) is 4.00. The first kappa shape index (κ1) is 11.1. The van der Waals surface area contributed by atoms with Crippen LogP contribution < -0.4 is 15.4 Å².